The first-order chi connectivity index (χ1) is 7.13. The van der Waals surface area contributed by atoms with E-state index >= 15 is 0 Å². The summed E-state index contributed by atoms with van der Waals surface area (Å²) in [5, 5.41) is 2.65. The molecule has 15 heavy (non-hydrogen) atoms. The number of nitrogens with one attached hydrogen (secondary N) is 1. The number of nitrogens with two attached hydrogens (primary N) is 1. The first-order valence-electron chi connectivity index (χ1n) is 4.89. The van der Waals surface area contributed by atoms with Crippen molar-refractivity contribution in [2.24, 2.45) is 5.73 Å². The Morgan fingerprint density at radius 1 is 1.53 bits per heavy atom. The van der Waals surface area contributed by atoms with Crippen LogP contribution in [0.2, 0.25) is 0 Å². The molecule has 0 saturated heterocycles. The zero-order chi connectivity index (χ0) is 11.3. The number of hydrogen-bond donors (Lipinski definition) is 2. The van der Waals surface area contributed by atoms with Gasteiger partial charge in [-0.1, -0.05) is 6.07 Å². The van der Waals surface area contributed by atoms with Gasteiger partial charge in [-0.25, -0.2) is 4.39 Å². The normalized spacial score (nSPS) is 10.1. The second-order valence-corrected chi connectivity index (χ2v) is 3.40. The summed E-state index contributed by atoms with van der Waals surface area (Å²) in [5.74, 6) is -0.483. The molecule has 0 spiro atoms. The minimum Gasteiger partial charge on any atom is -0.330 e. The van der Waals surface area contributed by atoms with Crippen LogP contribution in [0.25, 0.3) is 0 Å². The SMILES string of the molecule is Cc1ccc(F)cc1NC(=O)CCCN. The second-order valence-electron chi connectivity index (χ2n) is 3.40. The van der Waals surface area contributed by atoms with Crippen LogP contribution in [-0.4, -0.2) is 12.5 Å². The standard InChI is InChI=1S/C11H15FN2O/c1-8-4-5-9(12)7-10(8)14-11(15)3-2-6-13/h4-5,7H,2-3,6,13H2,1H3,(H,14,15). The molecule has 0 bridgehead atoms. The number of hydrogen-bond acceptors (Lipinski definition) is 2. The monoisotopic (exact) mass is 210 g/mol. The van der Waals surface area contributed by atoms with Crippen molar-refractivity contribution in [1.82, 2.24) is 0 Å². The van der Waals surface area contributed by atoms with Gasteiger partial charge in [0.15, 0.2) is 0 Å². The van der Waals surface area contributed by atoms with Crippen molar-refractivity contribution >= 4 is 11.6 Å². The van der Waals surface area contributed by atoms with Crippen LogP contribution in [-0.2, 0) is 4.79 Å². The van der Waals surface area contributed by atoms with Crippen molar-refractivity contribution in [3.63, 3.8) is 0 Å². The minimum absolute atomic E-state index is 0.130. The van der Waals surface area contributed by atoms with Gasteiger partial charge in [0.2, 0.25) is 5.91 Å². The summed E-state index contributed by atoms with van der Waals surface area (Å²) in [6.45, 7) is 2.30. The molecule has 1 aromatic carbocycles. The third kappa shape index (κ3) is 3.67. The fourth-order valence-electron chi connectivity index (χ4n) is 1.20. The van der Waals surface area contributed by atoms with Crippen molar-refractivity contribution in [3.8, 4) is 0 Å². The Bertz CT molecular complexity index is 352. The maximum absolute atomic E-state index is 12.9. The van der Waals surface area contributed by atoms with E-state index in [0.717, 1.165) is 5.56 Å². The van der Waals surface area contributed by atoms with E-state index in [4.69, 9.17) is 5.73 Å². The Hall–Kier alpha value is -1.42. The predicted molar refractivity (Wildman–Crippen MR) is 58.1 cm³/mol. The quantitative estimate of drug-likeness (QED) is 0.796. The molecule has 0 atom stereocenters. The van der Waals surface area contributed by atoms with Gasteiger partial charge in [0, 0.05) is 12.1 Å². The molecule has 0 fully saturated rings. The number of carbonyl (C=O) groups excluding carboxylic acids is 1. The maximum Gasteiger partial charge on any atom is 0.224 e. The maximum atomic E-state index is 12.9. The van der Waals surface area contributed by atoms with Crippen molar-refractivity contribution in [3.05, 3.63) is 29.6 Å². The average molecular weight is 210 g/mol. The van der Waals surface area contributed by atoms with E-state index in [9.17, 15) is 9.18 Å². The van der Waals surface area contributed by atoms with Gasteiger partial charge in [-0.05, 0) is 37.6 Å². The van der Waals surface area contributed by atoms with Gasteiger partial charge >= 0.3 is 0 Å². The molecular formula is C11H15FN2O. The van der Waals surface area contributed by atoms with Crippen LogP contribution in [0, 0.1) is 12.7 Å². The number of aryl methyl sites for hydroxylation is 1. The third-order valence-corrected chi connectivity index (χ3v) is 2.08. The molecule has 0 saturated carbocycles. The summed E-state index contributed by atoms with van der Waals surface area (Å²) >= 11 is 0. The molecule has 3 N–H and O–H groups in total. The first kappa shape index (κ1) is 11.7. The average Bonchev–Trinajstić information content (AvgIpc) is 2.20. The zero-order valence-electron chi connectivity index (χ0n) is 8.72. The summed E-state index contributed by atoms with van der Waals surface area (Å²) in [6.07, 6.45) is 1.01. The number of anilines is 1. The lowest BCUT2D eigenvalue weighted by atomic mass is 10.2. The van der Waals surface area contributed by atoms with Crippen molar-refractivity contribution < 1.29 is 9.18 Å². The molecule has 0 aromatic heterocycles. The first-order valence-corrected chi connectivity index (χ1v) is 4.89. The number of benzene rings is 1. The second kappa shape index (κ2) is 5.46. The molecule has 3 nitrogen and oxygen atoms in total. The van der Waals surface area contributed by atoms with Crippen LogP contribution >= 0.6 is 0 Å². The van der Waals surface area contributed by atoms with E-state index in [2.05, 4.69) is 5.32 Å². The molecule has 1 rings (SSSR count). The Balaban J connectivity index is 2.63. The molecule has 4 heteroatoms. The molecular weight excluding hydrogens is 195 g/mol. The van der Waals surface area contributed by atoms with E-state index < -0.39 is 0 Å². The Labute approximate surface area is 88.5 Å². The molecule has 0 radical (unpaired) electrons. The Morgan fingerprint density at radius 2 is 2.27 bits per heavy atom. The van der Waals surface area contributed by atoms with Crippen LogP contribution in [0.4, 0.5) is 10.1 Å². The van der Waals surface area contributed by atoms with Gasteiger partial charge in [-0.15, -0.1) is 0 Å². The highest BCUT2D eigenvalue weighted by atomic mass is 19.1. The summed E-state index contributed by atoms with van der Waals surface area (Å²) in [5.41, 5.74) is 6.65. The van der Waals surface area contributed by atoms with Gasteiger partial charge in [0.25, 0.3) is 0 Å². The van der Waals surface area contributed by atoms with Gasteiger partial charge < -0.3 is 11.1 Å². The van der Waals surface area contributed by atoms with E-state index in [1.807, 2.05) is 6.92 Å². The van der Waals surface area contributed by atoms with Crippen LogP contribution in [0.1, 0.15) is 18.4 Å². The minimum atomic E-state index is -0.352. The lowest BCUT2D eigenvalue weighted by Crippen LogP contribution is -2.14. The lowest BCUT2D eigenvalue weighted by molar-refractivity contribution is -0.116. The molecule has 1 aromatic rings. The molecule has 0 aliphatic heterocycles. The van der Waals surface area contributed by atoms with Crippen LogP contribution in [0.15, 0.2) is 18.2 Å². The Morgan fingerprint density at radius 3 is 2.93 bits per heavy atom. The largest absolute Gasteiger partial charge is 0.330 e. The fourth-order valence-corrected chi connectivity index (χ4v) is 1.20. The summed E-state index contributed by atoms with van der Waals surface area (Å²) in [7, 11) is 0. The molecule has 0 unspecified atom stereocenters. The van der Waals surface area contributed by atoms with Crippen molar-refractivity contribution in [2.75, 3.05) is 11.9 Å². The van der Waals surface area contributed by atoms with Gasteiger partial charge in [0.1, 0.15) is 5.82 Å². The summed E-state index contributed by atoms with van der Waals surface area (Å²) in [4.78, 5) is 11.3. The van der Waals surface area contributed by atoms with E-state index in [1.165, 1.54) is 12.1 Å². The smallest absolute Gasteiger partial charge is 0.224 e. The van der Waals surface area contributed by atoms with Crippen molar-refractivity contribution in [1.29, 1.82) is 0 Å². The van der Waals surface area contributed by atoms with E-state index in [-0.39, 0.29) is 11.7 Å². The third-order valence-electron chi connectivity index (χ3n) is 2.08. The summed E-state index contributed by atoms with van der Waals surface area (Å²) < 4.78 is 12.9. The molecule has 0 aliphatic rings. The van der Waals surface area contributed by atoms with Gasteiger partial charge in [0.05, 0.1) is 0 Å². The van der Waals surface area contributed by atoms with Crippen molar-refractivity contribution in [2.45, 2.75) is 19.8 Å². The zero-order valence-corrected chi connectivity index (χ0v) is 8.72. The lowest BCUT2D eigenvalue weighted by Gasteiger charge is -2.07. The van der Waals surface area contributed by atoms with E-state index in [0.29, 0.717) is 25.1 Å². The number of halogens is 1. The molecule has 0 aliphatic carbocycles. The molecule has 0 heterocycles. The van der Waals surface area contributed by atoms with Gasteiger partial charge in [-0.2, -0.15) is 0 Å². The number of rotatable bonds is 4. The highest BCUT2D eigenvalue weighted by molar-refractivity contribution is 5.91. The molecule has 1 amide bonds. The predicted octanol–water partition coefficient (Wildman–Crippen LogP) is 1.81. The highest BCUT2D eigenvalue weighted by Gasteiger charge is 2.04. The summed E-state index contributed by atoms with van der Waals surface area (Å²) in [6, 6.07) is 4.31. The highest BCUT2D eigenvalue weighted by Crippen LogP contribution is 2.16. The topological polar surface area (TPSA) is 55.1 Å². The van der Waals surface area contributed by atoms with E-state index in [1.54, 1.807) is 6.07 Å². The number of carbonyl (C=O) groups is 1. The fraction of sp³-hybridized carbons (Fsp3) is 0.364. The van der Waals surface area contributed by atoms with Crippen LogP contribution in [0.5, 0.6) is 0 Å². The van der Waals surface area contributed by atoms with Crippen LogP contribution in [0.3, 0.4) is 0 Å². The molecule has 82 valence electrons. The number of amides is 1. The van der Waals surface area contributed by atoms with Crippen LogP contribution < -0.4 is 11.1 Å². The Kier molecular flexibility index (Phi) is 4.24. The van der Waals surface area contributed by atoms with Gasteiger partial charge in [-0.3, -0.25) is 4.79 Å².